The number of H-pyrrole nitrogens is 1. The minimum atomic E-state index is -0.844. The summed E-state index contributed by atoms with van der Waals surface area (Å²) in [6.45, 7) is 4.15. The highest BCUT2D eigenvalue weighted by atomic mass is 16.7. The number of carbonyl (C=O) groups is 1. The Kier molecular flexibility index (Phi) is 8.63. The first-order valence-electron chi connectivity index (χ1n) is 13.7. The maximum Gasteiger partial charge on any atom is 0.240 e. The number of aliphatic hydroxyl groups excluding tert-OH is 2. The lowest BCUT2D eigenvalue weighted by molar-refractivity contribution is -0.192. The van der Waals surface area contributed by atoms with E-state index >= 15 is 0 Å². The largest absolute Gasteiger partial charge is 0.396 e. The van der Waals surface area contributed by atoms with E-state index in [1.54, 1.807) is 12.0 Å². The Morgan fingerprint density at radius 3 is 2.40 bits per heavy atom. The molecule has 40 heavy (non-hydrogen) atoms. The van der Waals surface area contributed by atoms with E-state index in [2.05, 4.69) is 28.2 Å². The molecule has 4 aromatic rings. The Balaban J connectivity index is 1.26. The number of aliphatic hydroxyl groups is 2. The van der Waals surface area contributed by atoms with E-state index in [-0.39, 0.29) is 12.5 Å². The van der Waals surface area contributed by atoms with Crippen LogP contribution in [0.1, 0.15) is 34.7 Å². The molecule has 5 rings (SSSR count). The van der Waals surface area contributed by atoms with E-state index in [1.807, 2.05) is 79.9 Å². The molecule has 7 heteroatoms. The van der Waals surface area contributed by atoms with Gasteiger partial charge in [-0.15, -0.1) is 0 Å². The van der Waals surface area contributed by atoms with Gasteiger partial charge in [0.15, 0.2) is 0 Å². The number of amides is 1. The highest BCUT2D eigenvalue weighted by Crippen LogP contribution is 2.31. The zero-order chi connectivity index (χ0) is 28.1. The highest BCUT2D eigenvalue weighted by Gasteiger charge is 2.48. The van der Waals surface area contributed by atoms with E-state index in [0.29, 0.717) is 19.5 Å². The summed E-state index contributed by atoms with van der Waals surface area (Å²) in [5.74, 6) is 5.57. The van der Waals surface area contributed by atoms with Crippen molar-refractivity contribution in [3.05, 3.63) is 107 Å². The number of aryl methyl sites for hydroxylation is 1. The second-order valence-corrected chi connectivity index (χ2v) is 10.4. The molecule has 2 heterocycles. The van der Waals surface area contributed by atoms with E-state index < -0.39 is 24.2 Å². The predicted octanol–water partition coefficient (Wildman–Crippen LogP) is 3.71. The fraction of sp³-hybridized carbons (Fsp3) is 0.303. The molecular weight excluding hydrogens is 502 g/mol. The summed E-state index contributed by atoms with van der Waals surface area (Å²) in [5.41, 5.74) is 6.15. The van der Waals surface area contributed by atoms with Gasteiger partial charge in [-0.1, -0.05) is 59.9 Å². The second-order valence-electron chi connectivity index (χ2n) is 10.4. The number of hydroxylamine groups is 2. The van der Waals surface area contributed by atoms with Crippen LogP contribution in [-0.2, 0) is 22.6 Å². The molecule has 4 N–H and O–H groups in total. The number of fused-ring (bicyclic) bond motifs is 1. The third kappa shape index (κ3) is 6.27. The van der Waals surface area contributed by atoms with Crippen LogP contribution < -0.4 is 5.32 Å². The van der Waals surface area contributed by atoms with Crippen LogP contribution in [0, 0.1) is 24.7 Å². The molecule has 0 bridgehead atoms. The van der Waals surface area contributed by atoms with E-state index in [9.17, 15) is 15.0 Å². The number of benzene rings is 3. The van der Waals surface area contributed by atoms with Crippen molar-refractivity contribution in [1.29, 1.82) is 0 Å². The number of hydrogen-bond acceptors (Lipinski definition) is 5. The van der Waals surface area contributed by atoms with Crippen LogP contribution in [0.4, 0.5) is 0 Å². The number of nitrogens with zero attached hydrogens (tertiary/aromatic N) is 1. The summed E-state index contributed by atoms with van der Waals surface area (Å²) >= 11 is 0. The quantitative estimate of drug-likeness (QED) is 0.257. The minimum absolute atomic E-state index is 0.234. The van der Waals surface area contributed by atoms with Gasteiger partial charge in [-0.05, 0) is 61.7 Å². The van der Waals surface area contributed by atoms with Crippen molar-refractivity contribution < 1.29 is 19.8 Å². The molecule has 1 amide bonds. The van der Waals surface area contributed by atoms with Crippen molar-refractivity contribution in [1.82, 2.24) is 15.4 Å². The summed E-state index contributed by atoms with van der Waals surface area (Å²) < 4.78 is 0. The van der Waals surface area contributed by atoms with Gasteiger partial charge in [-0.2, -0.15) is 5.06 Å². The van der Waals surface area contributed by atoms with Gasteiger partial charge in [0.2, 0.25) is 5.91 Å². The molecule has 1 saturated heterocycles. The first-order valence-corrected chi connectivity index (χ1v) is 13.7. The third-order valence-electron chi connectivity index (χ3n) is 7.41. The standard InChI is InChI=1S/C33H35N3O4/c1-22-7-9-24(10-8-22)11-12-25-13-15-26(16-14-25)20-36-31(29(21-37)32(40-36)23(2)38)33(39)34-18-17-27-19-35-30-6-4-3-5-28(27)30/h3-10,13-16,19,23,29,31-32,35,37-38H,17-18,20-21H2,1-2H3,(H,34,39)/t23-,29+,31+,32?/m1/s1. The molecule has 0 spiro atoms. The number of aromatic nitrogens is 1. The number of aromatic amines is 1. The lowest BCUT2D eigenvalue weighted by atomic mass is 9.92. The van der Waals surface area contributed by atoms with Crippen molar-refractivity contribution in [3.63, 3.8) is 0 Å². The van der Waals surface area contributed by atoms with Crippen LogP contribution in [0.2, 0.25) is 0 Å². The van der Waals surface area contributed by atoms with Crippen LogP contribution in [0.25, 0.3) is 10.9 Å². The number of rotatable bonds is 8. The zero-order valence-corrected chi connectivity index (χ0v) is 22.8. The van der Waals surface area contributed by atoms with Gasteiger partial charge in [0, 0.05) is 40.7 Å². The number of nitrogens with one attached hydrogen (secondary N) is 2. The topological polar surface area (TPSA) is 97.8 Å². The first-order chi connectivity index (χ1) is 19.4. The van der Waals surface area contributed by atoms with E-state index in [4.69, 9.17) is 4.84 Å². The van der Waals surface area contributed by atoms with Crippen molar-refractivity contribution >= 4 is 16.8 Å². The Labute approximate surface area is 234 Å². The molecule has 1 unspecified atom stereocenters. The maximum absolute atomic E-state index is 13.4. The molecule has 1 aliphatic heterocycles. The van der Waals surface area contributed by atoms with Gasteiger partial charge >= 0.3 is 0 Å². The van der Waals surface area contributed by atoms with Gasteiger partial charge in [-0.25, -0.2) is 0 Å². The predicted molar refractivity (Wildman–Crippen MR) is 155 cm³/mol. The molecule has 1 aromatic heterocycles. The monoisotopic (exact) mass is 537 g/mol. The molecule has 7 nitrogen and oxygen atoms in total. The summed E-state index contributed by atoms with van der Waals surface area (Å²) in [7, 11) is 0. The number of carbonyl (C=O) groups excluding carboxylic acids is 1. The molecular formula is C33H35N3O4. The zero-order valence-electron chi connectivity index (χ0n) is 22.8. The average Bonchev–Trinajstić information content (AvgIpc) is 3.55. The van der Waals surface area contributed by atoms with Gasteiger partial charge < -0.3 is 20.5 Å². The molecule has 0 saturated carbocycles. The Morgan fingerprint density at radius 1 is 1.05 bits per heavy atom. The van der Waals surface area contributed by atoms with Crippen LogP contribution in [-0.4, -0.2) is 57.6 Å². The summed E-state index contributed by atoms with van der Waals surface area (Å²) in [6.07, 6.45) is 1.10. The van der Waals surface area contributed by atoms with Crippen LogP contribution in [0.15, 0.2) is 79.0 Å². The molecule has 4 atom stereocenters. The summed E-state index contributed by atoms with van der Waals surface area (Å²) in [5, 5.41) is 26.3. The smallest absolute Gasteiger partial charge is 0.240 e. The fourth-order valence-electron chi connectivity index (χ4n) is 5.22. The van der Waals surface area contributed by atoms with Crippen LogP contribution >= 0.6 is 0 Å². The van der Waals surface area contributed by atoms with Gasteiger partial charge in [0.1, 0.15) is 12.1 Å². The maximum atomic E-state index is 13.4. The number of para-hydroxylation sites is 1. The van der Waals surface area contributed by atoms with Crippen molar-refractivity contribution in [2.24, 2.45) is 5.92 Å². The molecule has 3 aromatic carbocycles. The van der Waals surface area contributed by atoms with E-state index in [0.717, 1.165) is 33.2 Å². The molecule has 1 aliphatic rings. The normalized spacial score (nSPS) is 19.8. The molecule has 206 valence electrons. The number of hydrogen-bond donors (Lipinski definition) is 4. The Hall–Kier alpha value is -3.93. The van der Waals surface area contributed by atoms with Gasteiger partial charge in [0.05, 0.1) is 19.3 Å². The fourth-order valence-corrected chi connectivity index (χ4v) is 5.22. The molecule has 1 fully saturated rings. The first kappa shape index (κ1) is 27.6. The molecule has 0 radical (unpaired) electrons. The Morgan fingerprint density at radius 2 is 1.73 bits per heavy atom. The van der Waals surface area contributed by atoms with Crippen molar-refractivity contribution in [2.45, 2.75) is 45.1 Å². The molecule has 0 aliphatic carbocycles. The minimum Gasteiger partial charge on any atom is -0.396 e. The van der Waals surface area contributed by atoms with Crippen LogP contribution in [0.3, 0.4) is 0 Å². The average molecular weight is 538 g/mol. The van der Waals surface area contributed by atoms with Crippen LogP contribution in [0.5, 0.6) is 0 Å². The highest BCUT2D eigenvalue weighted by molar-refractivity contribution is 5.84. The van der Waals surface area contributed by atoms with Crippen molar-refractivity contribution in [3.8, 4) is 11.8 Å². The lowest BCUT2D eigenvalue weighted by Crippen LogP contribution is -2.48. The summed E-state index contributed by atoms with van der Waals surface area (Å²) in [4.78, 5) is 22.7. The van der Waals surface area contributed by atoms with Gasteiger partial charge in [0.25, 0.3) is 0 Å². The Bertz CT molecular complexity index is 1500. The third-order valence-corrected chi connectivity index (χ3v) is 7.41. The van der Waals surface area contributed by atoms with Crippen molar-refractivity contribution in [2.75, 3.05) is 13.2 Å². The second kappa shape index (κ2) is 12.5. The lowest BCUT2D eigenvalue weighted by Gasteiger charge is -2.24. The van der Waals surface area contributed by atoms with Gasteiger partial charge in [-0.3, -0.25) is 9.63 Å². The SMILES string of the molecule is Cc1ccc(C#Cc2ccc(CN3OC([C@@H](C)O)[C@@H](CO)[C@H]3C(=O)NCCc3c[nH]c4ccccc34)cc2)cc1. The van der Waals surface area contributed by atoms with E-state index in [1.165, 1.54) is 5.56 Å². The summed E-state index contributed by atoms with van der Waals surface area (Å²) in [6, 6.07) is 23.2.